The molecular formula is C20H29N3. The number of aryl methyl sites for hydroxylation is 1. The predicted octanol–water partition coefficient (Wildman–Crippen LogP) is 4.61. The summed E-state index contributed by atoms with van der Waals surface area (Å²) in [6, 6.07) is 8.73. The molecule has 3 rings (SSSR count). The first-order valence-electron chi connectivity index (χ1n) is 8.75. The van der Waals surface area contributed by atoms with E-state index < -0.39 is 0 Å². The first-order valence-corrected chi connectivity index (χ1v) is 8.75. The molecule has 1 aromatic heterocycles. The van der Waals surface area contributed by atoms with Gasteiger partial charge in [0.25, 0.3) is 0 Å². The molecule has 2 aromatic rings. The fourth-order valence-corrected chi connectivity index (χ4v) is 3.76. The Bertz CT molecular complexity index is 651. The lowest BCUT2D eigenvalue weighted by Crippen LogP contribution is -2.39. The maximum atomic E-state index is 4.36. The van der Waals surface area contributed by atoms with E-state index in [2.05, 4.69) is 67.1 Å². The van der Waals surface area contributed by atoms with E-state index in [-0.39, 0.29) is 0 Å². The molecule has 0 spiro atoms. The number of aromatic amines is 1. The quantitative estimate of drug-likeness (QED) is 0.897. The normalized spacial score (nSPS) is 19.9. The van der Waals surface area contributed by atoms with Crippen molar-refractivity contribution >= 4 is 0 Å². The molecule has 1 N–H and O–H groups in total. The van der Waals surface area contributed by atoms with Gasteiger partial charge in [-0.2, -0.15) is 5.10 Å². The molecule has 0 aliphatic carbocycles. The van der Waals surface area contributed by atoms with Crippen LogP contribution in [-0.4, -0.2) is 34.7 Å². The van der Waals surface area contributed by atoms with Gasteiger partial charge >= 0.3 is 0 Å². The van der Waals surface area contributed by atoms with Gasteiger partial charge in [0, 0.05) is 30.3 Å². The fourth-order valence-electron chi connectivity index (χ4n) is 3.76. The molecule has 2 heterocycles. The monoisotopic (exact) mass is 311 g/mol. The van der Waals surface area contributed by atoms with E-state index in [0.29, 0.717) is 11.3 Å². The number of rotatable bonds is 3. The third kappa shape index (κ3) is 4.03. The van der Waals surface area contributed by atoms with Crippen LogP contribution in [0.5, 0.6) is 0 Å². The van der Waals surface area contributed by atoms with Gasteiger partial charge in [-0.05, 0) is 37.3 Å². The molecule has 1 aliphatic heterocycles. The Morgan fingerprint density at radius 2 is 2.13 bits per heavy atom. The van der Waals surface area contributed by atoms with Gasteiger partial charge in [0.15, 0.2) is 0 Å². The van der Waals surface area contributed by atoms with Gasteiger partial charge < -0.3 is 4.90 Å². The first-order chi connectivity index (χ1) is 10.9. The van der Waals surface area contributed by atoms with Crippen LogP contribution in [0.4, 0.5) is 0 Å². The molecule has 0 amide bonds. The number of hydrogen-bond acceptors (Lipinski definition) is 2. The lowest BCUT2D eigenvalue weighted by atomic mass is 9.88. The van der Waals surface area contributed by atoms with Crippen LogP contribution >= 0.6 is 0 Å². The number of hydrogen-bond donors (Lipinski definition) is 1. The van der Waals surface area contributed by atoms with E-state index >= 15 is 0 Å². The van der Waals surface area contributed by atoms with Crippen molar-refractivity contribution in [2.75, 3.05) is 19.6 Å². The van der Waals surface area contributed by atoms with Crippen molar-refractivity contribution in [3.8, 4) is 11.1 Å². The summed E-state index contributed by atoms with van der Waals surface area (Å²) < 4.78 is 0. The van der Waals surface area contributed by atoms with Crippen LogP contribution in [0.1, 0.15) is 50.8 Å². The predicted molar refractivity (Wildman–Crippen MR) is 96.6 cm³/mol. The molecule has 1 aromatic carbocycles. The Balaban J connectivity index is 1.81. The molecule has 1 aliphatic rings. The number of piperidine rings is 1. The first kappa shape index (κ1) is 16.3. The molecule has 0 saturated carbocycles. The smallest absolute Gasteiger partial charge is 0.0568 e. The van der Waals surface area contributed by atoms with E-state index in [4.69, 9.17) is 0 Å². The molecule has 1 fully saturated rings. The third-order valence-corrected chi connectivity index (χ3v) is 4.61. The van der Waals surface area contributed by atoms with Crippen molar-refractivity contribution in [1.82, 2.24) is 15.1 Å². The highest BCUT2D eigenvalue weighted by Gasteiger charge is 2.27. The standard InChI is InChI=1S/C20H29N3/c1-15-7-5-8-16(11-15)18-12-21-22-19(18)17-9-6-10-23(13-17)14-20(2,3)4/h5,7-8,11-12,17H,6,9-10,13-14H2,1-4H3,(H,21,22). The summed E-state index contributed by atoms with van der Waals surface area (Å²) in [4.78, 5) is 2.62. The number of H-pyrrole nitrogens is 1. The summed E-state index contributed by atoms with van der Waals surface area (Å²) in [5.41, 5.74) is 5.52. The van der Waals surface area contributed by atoms with Gasteiger partial charge in [-0.1, -0.05) is 50.6 Å². The number of nitrogens with zero attached hydrogens (tertiary/aromatic N) is 2. The number of likely N-dealkylation sites (tertiary alicyclic amines) is 1. The number of aromatic nitrogens is 2. The lowest BCUT2D eigenvalue weighted by Gasteiger charge is -2.36. The Kier molecular flexibility index (Phi) is 4.58. The lowest BCUT2D eigenvalue weighted by molar-refractivity contribution is 0.150. The zero-order valence-electron chi connectivity index (χ0n) is 14.9. The van der Waals surface area contributed by atoms with Crippen LogP contribution in [0.25, 0.3) is 11.1 Å². The molecule has 1 saturated heterocycles. The minimum atomic E-state index is 0.356. The zero-order valence-corrected chi connectivity index (χ0v) is 14.9. The molecule has 1 unspecified atom stereocenters. The Labute approximate surface area is 140 Å². The third-order valence-electron chi connectivity index (χ3n) is 4.61. The van der Waals surface area contributed by atoms with E-state index in [9.17, 15) is 0 Å². The van der Waals surface area contributed by atoms with Crippen LogP contribution in [0.2, 0.25) is 0 Å². The van der Waals surface area contributed by atoms with Gasteiger partial charge in [-0.3, -0.25) is 5.10 Å². The Morgan fingerprint density at radius 1 is 1.30 bits per heavy atom. The summed E-state index contributed by atoms with van der Waals surface area (Å²) in [5, 5.41) is 7.66. The van der Waals surface area contributed by atoms with Gasteiger partial charge in [-0.25, -0.2) is 0 Å². The topological polar surface area (TPSA) is 31.9 Å². The van der Waals surface area contributed by atoms with E-state index in [1.54, 1.807) is 0 Å². The summed E-state index contributed by atoms with van der Waals surface area (Å²) in [6.07, 6.45) is 4.52. The highest BCUT2D eigenvalue weighted by atomic mass is 15.2. The second-order valence-electron chi connectivity index (χ2n) is 8.20. The van der Waals surface area contributed by atoms with Crippen molar-refractivity contribution in [3.05, 3.63) is 41.7 Å². The Morgan fingerprint density at radius 3 is 2.87 bits per heavy atom. The molecule has 3 nitrogen and oxygen atoms in total. The average Bonchev–Trinajstić information content (AvgIpc) is 2.95. The summed E-state index contributed by atoms with van der Waals surface area (Å²) >= 11 is 0. The highest BCUT2D eigenvalue weighted by molar-refractivity contribution is 5.66. The van der Waals surface area contributed by atoms with Gasteiger partial charge in [0.05, 0.1) is 6.20 Å². The van der Waals surface area contributed by atoms with Gasteiger partial charge in [0.1, 0.15) is 0 Å². The second-order valence-corrected chi connectivity index (χ2v) is 8.20. The molecular weight excluding hydrogens is 282 g/mol. The van der Waals surface area contributed by atoms with Crippen LogP contribution in [0.3, 0.4) is 0 Å². The van der Waals surface area contributed by atoms with Crippen molar-refractivity contribution in [3.63, 3.8) is 0 Å². The van der Waals surface area contributed by atoms with Crippen LogP contribution in [0, 0.1) is 12.3 Å². The molecule has 3 heteroatoms. The van der Waals surface area contributed by atoms with Crippen LogP contribution in [0.15, 0.2) is 30.5 Å². The largest absolute Gasteiger partial charge is 0.302 e. The van der Waals surface area contributed by atoms with Crippen molar-refractivity contribution in [2.45, 2.75) is 46.5 Å². The minimum Gasteiger partial charge on any atom is -0.302 e. The highest BCUT2D eigenvalue weighted by Crippen LogP contribution is 2.34. The number of benzene rings is 1. The number of nitrogens with one attached hydrogen (secondary N) is 1. The van der Waals surface area contributed by atoms with Crippen LogP contribution < -0.4 is 0 Å². The Hall–Kier alpha value is -1.61. The fraction of sp³-hybridized carbons (Fsp3) is 0.550. The minimum absolute atomic E-state index is 0.356. The maximum Gasteiger partial charge on any atom is 0.0568 e. The molecule has 1 atom stereocenters. The van der Waals surface area contributed by atoms with Crippen molar-refractivity contribution in [2.24, 2.45) is 5.41 Å². The van der Waals surface area contributed by atoms with Gasteiger partial charge in [0.2, 0.25) is 0 Å². The second kappa shape index (κ2) is 6.48. The summed E-state index contributed by atoms with van der Waals surface area (Å²) in [5.74, 6) is 0.559. The molecule has 23 heavy (non-hydrogen) atoms. The van der Waals surface area contributed by atoms with E-state index in [1.165, 1.54) is 41.8 Å². The maximum absolute atomic E-state index is 4.36. The van der Waals surface area contributed by atoms with Crippen molar-refractivity contribution in [1.29, 1.82) is 0 Å². The molecule has 0 radical (unpaired) electrons. The molecule has 124 valence electrons. The zero-order chi connectivity index (χ0) is 16.4. The van der Waals surface area contributed by atoms with Crippen molar-refractivity contribution < 1.29 is 0 Å². The summed E-state index contributed by atoms with van der Waals surface area (Å²) in [6.45, 7) is 12.6. The van der Waals surface area contributed by atoms with E-state index in [0.717, 1.165) is 13.1 Å². The van der Waals surface area contributed by atoms with Crippen LogP contribution in [-0.2, 0) is 0 Å². The van der Waals surface area contributed by atoms with Gasteiger partial charge in [-0.15, -0.1) is 0 Å². The summed E-state index contributed by atoms with van der Waals surface area (Å²) in [7, 11) is 0. The van der Waals surface area contributed by atoms with E-state index in [1.807, 2.05) is 6.20 Å². The average molecular weight is 311 g/mol. The molecule has 0 bridgehead atoms. The SMILES string of the molecule is Cc1cccc(-c2cn[nH]c2C2CCCN(CC(C)(C)C)C2)c1.